The number of aromatic nitrogens is 3. The van der Waals surface area contributed by atoms with E-state index in [1.165, 1.54) is 0 Å². The molecule has 0 saturated heterocycles. The van der Waals surface area contributed by atoms with E-state index in [1.807, 2.05) is 39.0 Å². The second-order valence-corrected chi connectivity index (χ2v) is 14.3. The fourth-order valence-corrected chi connectivity index (χ4v) is 7.25. The van der Waals surface area contributed by atoms with Crippen LogP contribution in [0.2, 0.25) is 0 Å². The first kappa shape index (κ1) is 39.3. The van der Waals surface area contributed by atoms with Gasteiger partial charge in [-0.05, 0) is 147 Å². The molecule has 9 nitrogen and oxygen atoms in total. The van der Waals surface area contributed by atoms with Gasteiger partial charge in [0, 0.05) is 0 Å². The zero-order valence-corrected chi connectivity index (χ0v) is 32.1. The minimum atomic E-state index is -0.769. The van der Waals surface area contributed by atoms with Crippen LogP contribution in [0.4, 0.5) is 0 Å². The third-order valence-electron chi connectivity index (χ3n) is 10.7. The molecule has 0 radical (unpaired) electrons. The Bertz CT molecular complexity index is 1830. The average molecular weight is 700 g/mol. The largest absolute Gasteiger partial charge is 0.507 e. The van der Waals surface area contributed by atoms with Gasteiger partial charge in [0.25, 0.3) is 0 Å². The SMILES string of the molecule is CCCCc1cc(C)c(Cn2c(=O)n(Cc3c(C)cc(CCCC)c(O)c3C)c(=O)n(Cc3c(C)cc(CCCC)c(O)c3C)c2=O)c(C)c1O. The number of rotatable bonds is 15. The van der Waals surface area contributed by atoms with Crippen LogP contribution in [0.5, 0.6) is 17.2 Å². The van der Waals surface area contributed by atoms with Gasteiger partial charge >= 0.3 is 17.1 Å². The molecule has 276 valence electrons. The number of phenols is 3. The maximum atomic E-state index is 14.3. The molecule has 4 rings (SSSR count). The summed E-state index contributed by atoms with van der Waals surface area (Å²) in [6.45, 7) is 16.9. The summed E-state index contributed by atoms with van der Waals surface area (Å²) in [4.78, 5) is 43.0. The average Bonchev–Trinajstić information content (AvgIpc) is 3.10. The Labute approximate surface area is 301 Å². The highest BCUT2D eigenvalue weighted by Crippen LogP contribution is 2.32. The van der Waals surface area contributed by atoms with Gasteiger partial charge in [-0.1, -0.05) is 58.2 Å². The summed E-state index contributed by atoms with van der Waals surface area (Å²) in [7, 11) is 0. The summed E-state index contributed by atoms with van der Waals surface area (Å²) in [5.41, 5.74) is 6.38. The van der Waals surface area contributed by atoms with Gasteiger partial charge in [0.15, 0.2) is 0 Å². The maximum Gasteiger partial charge on any atom is 0.336 e. The van der Waals surface area contributed by atoms with E-state index in [2.05, 4.69) is 20.8 Å². The van der Waals surface area contributed by atoms with Crippen LogP contribution in [0.25, 0.3) is 0 Å². The van der Waals surface area contributed by atoms with Crippen LogP contribution in [0, 0.1) is 41.5 Å². The van der Waals surface area contributed by atoms with Gasteiger partial charge in [-0.2, -0.15) is 0 Å². The van der Waals surface area contributed by atoms with Crippen LogP contribution < -0.4 is 17.1 Å². The van der Waals surface area contributed by atoms with E-state index >= 15 is 0 Å². The first-order chi connectivity index (χ1) is 24.2. The lowest BCUT2D eigenvalue weighted by atomic mass is 9.95. The molecule has 3 aromatic carbocycles. The Morgan fingerprint density at radius 1 is 0.451 bits per heavy atom. The quantitative estimate of drug-likeness (QED) is 0.119. The Morgan fingerprint density at radius 3 is 0.902 bits per heavy atom. The van der Waals surface area contributed by atoms with Crippen LogP contribution >= 0.6 is 0 Å². The fraction of sp³-hybridized carbons (Fsp3) is 0.500. The lowest BCUT2D eigenvalue weighted by Crippen LogP contribution is -2.55. The van der Waals surface area contributed by atoms with Crippen molar-refractivity contribution in [2.75, 3.05) is 0 Å². The molecule has 0 amide bonds. The molecule has 3 N–H and O–H groups in total. The van der Waals surface area contributed by atoms with E-state index in [0.717, 1.165) is 85.6 Å². The molecule has 9 heteroatoms. The van der Waals surface area contributed by atoms with Crippen molar-refractivity contribution in [2.45, 2.75) is 140 Å². The van der Waals surface area contributed by atoms with Crippen molar-refractivity contribution in [1.29, 1.82) is 0 Å². The molecular formula is C42H57N3O6. The Morgan fingerprint density at radius 2 is 0.686 bits per heavy atom. The van der Waals surface area contributed by atoms with Crippen LogP contribution in [0.3, 0.4) is 0 Å². The van der Waals surface area contributed by atoms with Crippen molar-refractivity contribution >= 4 is 0 Å². The topological polar surface area (TPSA) is 127 Å². The molecule has 0 aliphatic heterocycles. The summed E-state index contributed by atoms with van der Waals surface area (Å²) >= 11 is 0. The third kappa shape index (κ3) is 8.03. The molecule has 0 fully saturated rings. The molecular weight excluding hydrogens is 642 g/mol. The Hall–Kier alpha value is -4.53. The van der Waals surface area contributed by atoms with Crippen LogP contribution in [-0.2, 0) is 38.9 Å². The number of benzene rings is 3. The first-order valence-electron chi connectivity index (χ1n) is 18.5. The van der Waals surface area contributed by atoms with Gasteiger partial charge in [0.1, 0.15) is 17.2 Å². The molecule has 0 aliphatic rings. The second kappa shape index (κ2) is 16.7. The van der Waals surface area contributed by atoms with Gasteiger partial charge in [0.05, 0.1) is 19.6 Å². The normalized spacial score (nSPS) is 11.5. The smallest absolute Gasteiger partial charge is 0.336 e. The first-order valence-corrected chi connectivity index (χ1v) is 18.5. The van der Waals surface area contributed by atoms with Crippen LogP contribution in [0.15, 0.2) is 32.6 Å². The van der Waals surface area contributed by atoms with E-state index in [4.69, 9.17) is 0 Å². The number of hydrogen-bond acceptors (Lipinski definition) is 6. The van der Waals surface area contributed by atoms with Gasteiger partial charge in [0.2, 0.25) is 0 Å². The highest BCUT2D eigenvalue weighted by Gasteiger charge is 2.23. The van der Waals surface area contributed by atoms with Crippen molar-refractivity contribution < 1.29 is 15.3 Å². The number of aryl methyl sites for hydroxylation is 6. The number of aromatic hydroxyl groups is 3. The van der Waals surface area contributed by atoms with Crippen LogP contribution in [-0.4, -0.2) is 29.0 Å². The van der Waals surface area contributed by atoms with E-state index < -0.39 is 17.1 Å². The van der Waals surface area contributed by atoms with Crippen molar-refractivity contribution in [3.8, 4) is 17.2 Å². The number of unbranched alkanes of at least 4 members (excludes halogenated alkanes) is 3. The van der Waals surface area contributed by atoms with Gasteiger partial charge in [-0.3, -0.25) is 0 Å². The van der Waals surface area contributed by atoms with Crippen molar-refractivity contribution in [3.63, 3.8) is 0 Å². The molecule has 51 heavy (non-hydrogen) atoms. The zero-order valence-electron chi connectivity index (χ0n) is 32.1. The Balaban J connectivity index is 1.96. The second-order valence-electron chi connectivity index (χ2n) is 14.3. The maximum absolute atomic E-state index is 14.3. The van der Waals surface area contributed by atoms with E-state index in [0.29, 0.717) is 52.6 Å². The molecule has 0 spiro atoms. The highest BCUT2D eigenvalue weighted by atomic mass is 16.3. The molecule has 0 aliphatic carbocycles. The molecule has 0 unspecified atom stereocenters. The molecule has 1 heterocycles. The minimum Gasteiger partial charge on any atom is -0.507 e. The van der Waals surface area contributed by atoms with Crippen molar-refractivity contribution in [3.05, 3.63) is 116 Å². The molecule has 0 atom stereocenters. The van der Waals surface area contributed by atoms with E-state index in [9.17, 15) is 29.7 Å². The van der Waals surface area contributed by atoms with Crippen molar-refractivity contribution in [2.24, 2.45) is 0 Å². The van der Waals surface area contributed by atoms with E-state index in [1.54, 1.807) is 20.8 Å². The highest BCUT2D eigenvalue weighted by molar-refractivity contribution is 5.51. The summed E-state index contributed by atoms with van der Waals surface area (Å²) in [5, 5.41) is 33.4. The molecule has 0 saturated carbocycles. The molecule has 1 aromatic heterocycles. The number of nitrogens with zero attached hydrogens (tertiary/aromatic N) is 3. The monoisotopic (exact) mass is 699 g/mol. The summed E-state index contributed by atoms with van der Waals surface area (Å²) in [6, 6.07) is 5.74. The Kier molecular flexibility index (Phi) is 12.8. The van der Waals surface area contributed by atoms with Gasteiger partial charge in [-0.15, -0.1) is 0 Å². The standard InChI is InChI=1S/C42H57N3O6/c1-10-13-16-31-19-25(4)34(28(7)37(31)46)22-43-40(49)44(23-35-26(5)20-32(17-14-11-2)38(47)29(35)8)42(51)45(41(43)50)24-36-27(6)21-33(18-15-12-3)39(48)30(36)9/h19-21,46-48H,10-18,22-24H2,1-9H3. The molecule has 4 aromatic rings. The van der Waals surface area contributed by atoms with Gasteiger partial charge < -0.3 is 15.3 Å². The fourth-order valence-electron chi connectivity index (χ4n) is 7.25. The summed E-state index contributed by atoms with van der Waals surface area (Å²) in [6.07, 6.45) is 7.84. The predicted octanol–water partition coefficient (Wildman–Crippen LogP) is 7.31. The zero-order chi connectivity index (χ0) is 37.7. The predicted molar refractivity (Wildman–Crippen MR) is 205 cm³/mol. The van der Waals surface area contributed by atoms with Gasteiger partial charge in [-0.25, -0.2) is 28.1 Å². The van der Waals surface area contributed by atoms with Crippen LogP contribution in [0.1, 0.15) is 126 Å². The molecule has 0 bridgehead atoms. The summed E-state index contributed by atoms with van der Waals surface area (Å²) < 4.78 is 3.21. The van der Waals surface area contributed by atoms with Crippen molar-refractivity contribution in [1.82, 2.24) is 13.7 Å². The lowest BCUT2D eigenvalue weighted by Gasteiger charge is -2.21. The summed E-state index contributed by atoms with van der Waals surface area (Å²) in [5.74, 6) is 0.460. The number of hydrogen-bond donors (Lipinski definition) is 3. The lowest BCUT2D eigenvalue weighted by molar-refractivity contribution is 0.454. The number of phenolic OH excluding ortho intramolecular Hbond substituents is 3. The third-order valence-corrected chi connectivity index (χ3v) is 10.7. The minimum absolute atomic E-state index is 0.143. The van der Waals surface area contributed by atoms with E-state index in [-0.39, 0.29) is 36.9 Å².